The molecule has 0 fully saturated rings. The van der Waals surface area contributed by atoms with Gasteiger partial charge in [0, 0.05) is 10.9 Å². The van der Waals surface area contributed by atoms with Crippen LogP contribution in [0.4, 0.5) is 5.82 Å². The molecule has 0 aliphatic carbocycles. The summed E-state index contributed by atoms with van der Waals surface area (Å²) in [6, 6.07) is 5.12. The topological polar surface area (TPSA) is 88.5 Å². The normalized spacial score (nSPS) is 10.5. The van der Waals surface area contributed by atoms with E-state index < -0.39 is 18.5 Å². The van der Waals surface area contributed by atoms with Crippen molar-refractivity contribution in [3.8, 4) is 10.6 Å². The van der Waals surface area contributed by atoms with Gasteiger partial charge in [0.15, 0.2) is 0 Å². The average molecular weight is 361 g/mol. The molecule has 0 aliphatic rings. The van der Waals surface area contributed by atoms with Crippen LogP contribution in [-0.4, -0.2) is 35.2 Å². The third-order valence-electron chi connectivity index (χ3n) is 2.40. The maximum Gasteiger partial charge on any atom is 0.329 e. The Kier molecular flexibility index (Phi) is 5.73. The van der Waals surface area contributed by atoms with E-state index in [2.05, 4.69) is 15.0 Å². The number of halogens is 2. The van der Waals surface area contributed by atoms with Gasteiger partial charge in [0.1, 0.15) is 24.0 Å². The van der Waals surface area contributed by atoms with Crippen LogP contribution in [0.5, 0.6) is 0 Å². The second-order valence-corrected chi connectivity index (χ2v) is 5.77. The highest BCUT2D eigenvalue weighted by Crippen LogP contribution is 2.31. The number of hydrogen-bond donors (Lipinski definition) is 2. The number of hydrogen-bond acceptors (Lipinski definition) is 5. The van der Waals surface area contributed by atoms with Crippen LogP contribution < -0.4 is 5.32 Å². The molecule has 2 aromatic rings. The zero-order valence-corrected chi connectivity index (χ0v) is 13.3. The van der Waals surface area contributed by atoms with Gasteiger partial charge in [0.25, 0.3) is 5.91 Å². The number of ether oxygens (including phenoxy) is 1. The predicted molar refractivity (Wildman–Crippen MR) is 84.7 cm³/mol. The monoisotopic (exact) mass is 360 g/mol. The minimum absolute atomic E-state index is 0.355. The van der Waals surface area contributed by atoms with E-state index >= 15 is 0 Å². The number of nitrogens with one attached hydrogen (secondary N) is 1. The van der Waals surface area contributed by atoms with Crippen molar-refractivity contribution in [2.45, 2.75) is 0 Å². The van der Waals surface area contributed by atoms with E-state index in [0.717, 1.165) is 5.56 Å². The molecule has 0 saturated heterocycles. The van der Waals surface area contributed by atoms with Crippen molar-refractivity contribution >= 4 is 52.2 Å². The molecule has 0 atom stereocenters. The van der Waals surface area contributed by atoms with Crippen molar-refractivity contribution < 1.29 is 19.4 Å². The molecule has 2 rings (SSSR count). The number of benzene rings is 1. The third kappa shape index (κ3) is 4.67. The van der Waals surface area contributed by atoms with Crippen molar-refractivity contribution in [2.75, 3.05) is 18.5 Å². The molecular formula is C13H10Cl2N2O4S. The van der Waals surface area contributed by atoms with E-state index in [9.17, 15) is 9.59 Å². The van der Waals surface area contributed by atoms with Crippen molar-refractivity contribution in [3.63, 3.8) is 0 Å². The van der Waals surface area contributed by atoms with Gasteiger partial charge in [0.2, 0.25) is 0 Å². The van der Waals surface area contributed by atoms with Crippen molar-refractivity contribution in [2.24, 2.45) is 0 Å². The van der Waals surface area contributed by atoms with Gasteiger partial charge in [-0.25, -0.2) is 9.78 Å². The fraction of sp³-hybridized carbons (Fsp3) is 0.154. The van der Waals surface area contributed by atoms with E-state index in [4.69, 9.17) is 28.3 Å². The lowest BCUT2D eigenvalue weighted by Gasteiger charge is -2.02. The number of carbonyl (C=O) groups is 2. The zero-order chi connectivity index (χ0) is 16.1. The molecule has 2 N–H and O–H groups in total. The summed E-state index contributed by atoms with van der Waals surface area (Å²) < 4.78 is 4.68. The number of nitrogens with zero attached hydrogens (tertiary/aromatic N) is 1. The molecule has 6 nitrogen and oxygen atoms in total. The first kappa shape index (κ1) is 16.7. The summed E-state index contributed by atoms with van der Waals surface area (Å²) in [6.45, 7) is -0.884. The lowest BCUT2D eigenvalue weighted by Crippen LogP contribution is -2.20. The number of rotatable bonds is 6. The van der Waals surface area contributed by atoms with E-state index in [1.807, 2.05) is 0 Å². The highest BCUT2D eigenvalue weighted by atomic mass is 35.5. The van der Waals surface area contributed by atoms with Gasteiger partial charge in [-0.2, -0.15) is 0 Å². The Morgan fingerprint density at radius 1 is 1.27 bits per heavy atom. The lowest BCUT2D eigenvalue weighted by atomic mass is 10.2. The number of anilines is 1. The summed E-state index contributed by atoms with van der Waals surface area (Å²) >= 11 is 13.1. The predicted octanol–water partition coefficient (Wildman–Crippen LogP) is 3.16. The molecule has 0 spiro atoms. The van der Waals surface area contributed by atoms with Crippen LogP contribution >= 0.6 is 34.5 Å². The number of aromatic nitrogens is 1. The Hall–Kier alpha value is -1.67. The van der Waals surface area contributed by atoms with Gasteiger partial charge in [-0.05, 0) is 12.1 Å². The second-order valence-electron chi connectivity index (χ2n) is 4.10. The Morgan fingerprint density at radius 3 is 2.73 bits per heavy atom. The van der Waals surface area contributed by atoms with Crippen molar-refractivity contribution in [1.29, 1.82) is 0 Å². The summed E-state index contributed by atoms with van der Waals surface area (Å²) in [7, 11) is 0. The smallest absolute Gasteiger partial charge is 0.329 e. The number of carboxylic acid groups (broad SMARTS) is 1. The third-order valence-corrected chi connectivity index (χ3v) is 4.03. The fourth-order valence-corrected chi connectivity index (χ4v) is 2.55. The van der Waals surface area contributed by atoms with Crippen LogP contribution in [0.15, 0.2) is 23.6 Å². The summed E-state index contributed by atoms with van der Waals surface area (Å²) in [5.41, 5.74) is 0.780. The maximum atomic E-state index is 11.5. The van der Waals surface area contributed by atoms with Crippen LogP contribution in [0.2, 0.25) is 10.0 Å². The van der Waals surface area contributed by atoms with Crippen LogP contribution in [0.1, 0.15) is 0 Å². The number of amides is 1. The van der Waals surface area contributed by atoms with E-state index in [-0.39, 0.29) is 6.61 Å². The molecule has 1 aromatic carbocycles. The number of carbonyl (C=O) groups excluding carboxylic acids is 1. The van der Waals surface area contributed by atoms with Crippen LogP contribution in [0.25, 0.3) is 10.6 Å². The van der Waals surface area contributed by atoms with E-state index in [0.29, 0.717) is 20.9 Å². The zero-order valence-electron chi connectivity index (χ0n) is 11.0. The standard InChI is InChI=1S/C13H10Cl2N2O4S/c14-8-2-1-7(3-9(8)15)13-17-10(6-22-13)16-11(18)4-21-5-12(19)20/h1-3,6H,4-5H2,(H,16,18)(H,19,20). The van der Waals surface area contributed by atoms with Crippen LogP contribution in [-0.2, 0) is 14.3 Å². The molecule has 1 heterocycles. The Bertz CT molecular complexity index is 705. The Labute approximate surface area is 139 Å². The number of thiazole rings is 1. The fourth-order valence-electron chi connectivity index (χ4n) is 1.50. The van der Waals surface area contributed by atoms with Gasteiger partial charge in [-0.1, -0.05) is 29.3 Å². The van der Waals surface area contributed by atoms with E-state index in [1.165, 1.54) is 11.3 Å². The van der Waals surface area contributed by atoms with Crippen LogP contribution in [0, 0.1) is 0 Å². The van der Waals surface area contributed by atoms with Gasteiger partial charge in [-0.15, -0.1) is 11.3 Å². The summed E-state index contributed by atoms with van der Waals surface area (Å²) in [5, 5.41) is 14.1. The quantitative estimate of drug-likeness (QED) is 0.825. The number of carboxylic acids is 1. The van der Waals surface area contributed by atoms with Crippen molar-refractivity contribution in [3.05, 3.63) is 33.6 Å². The molecule has 116 valence electrons. The van der Waals surface area contributed by atoms with Gasteiger partial charge in [0.05, 0.1) is 10.0 Å². The lowest BCUT2D eigenvalue weighted by molar-refractivity contribution is -0.143. The first-order valence-electron chi connectivity index (χ1n) is 5.96. The molecule has 0 unspecified atom stereocenters. The molecular weight excluding hydrogens is 351 g/mol. The molecule has 0 radical (unpaired) electrons. The van der Waals surface area contributed by atoms with Crippen molar-refractivity contribution in [1.82, 2.24) is 4.98 Å². The SMILES string of the molecule is O=C(O)COCC(=O)Nc1csc(-c2ccc(Cl)c(Cl)c2)n1. The van der Waals surface area contributed by atoms with E-state index in [1.54, 1.807) is 23.6 Å². The largest absolute Gasteiger partial charge is 0.480 e. The Balaban J connectivity index is 1.97. The molecule has 1 amide bonds. The summed E-state index contributed by atoms with van der Waals surface area (Å²) in [4.78, 5) is 26.0. The average Bonchev–Trinajstić information content (AvgIpc) is 2.90. The summed E-state index contributed by atoms with van der Waals surface area (Å²) in [5.74, 6) is -1.26. The first-order chi connectivity index (χ1) is 10.5. The Morgan fingerprint density at radius 2 is 2.05 bits per heavy atom. The molecule has 0 aliphatic heterocycles. The highest BCUT2D eigenvalue weighted by molar-refractivity contribution is 7.13. The second kappa shape index (κ2) is 7.55. The molecule has 1 aromatic heterocycles. The molecule has 0 saturated carbocycles. The molecule has 0 bridgehead atoms. The van der Waals surface area contributed by atoms with Gasteiger partial charge >= 0.3 is 5.97 Å². The minimum Gasteiger partial charge on any atom is -0.480 e. The minimum atomic E-state index is -1.14. The molecule has 22 heavy (non-hydrogen) atoms. The summed E-state index contributed by atoms with van der Waals surface area (Å²) in [6.07, 6.45) is 0. The first-order valence-corrected chi connectivity index (χ1v) is 7.59. The molecule has 9 heteroatoms. The number of aliphatic carboxylic acids is 1. The highest BCUT2D eigenvalue weighted by Gasteiger charge is 2.10. The maximum absolute atomic E-state index is 11.5. The van der Waals surface area contributed by atoms with Gasteiger partial charge < -0.3 is 15.2 Å². The van der Waals surface area contributed by atoms with Crippen LogP contribution in [0.3, 0.4) is 0 Å². The van der Waals surface area contributed by atoms with Gasteiger partial charge in [-0.3, -0.25) is 4.79 Å².